The Hall–Kier alpha value is -0.850. The number of carbonyl (C=O) groups is 1. The molecule has 2 unspecified atom stereocenters. The number of allylic oxidation sites excluding steroid dienone is 3. The minimum atomic E-state index is 0.156. The molecule has 0 amide bonds. The predicted molar refractivity (Wildman–Crippen MR) is 62.2 cm³/mol. The van der Waals surface area contributed by atoms with Gasteiger partial charge in [0.15, 0.2) is 0 Å². The van der Waals surface area contributed by atoms with E-state index in [4.69, 9.17) is 0 Å². The molecule has 0 aliphatic rings. The minimum Gasteiger partial charge on any atom is -0.303 e. The molecule has 0 radical (unpaired) electrons. The van der Waals surface area contributed by atoms with Gasteiger partial charge in [-0.25, -0.2) is 0 Å². The van der Waals surface area contributed by atoms with E-state index in [0.29, 0.717) is 5.92 Å². The Bertz CT molecular complexity index is 203. The highest BCUT2D eigenvalue weighted by Gasteiger charge is 2.00. The molecule has 0 aromatic heterocycles. The standard InChI is InChI=1S/C13H22O/c1-5-11(2)7-6-8-12(3)9-13(4)10-14/h5,8,10-11,13H,1,6-7,9H2,2-4H3/b12-8+. The highest BCUT2D eigenvalue weighted by Crippen LogP contribution is 2.12. The fourth-order valence-electron chi connectivity index (χ4n) is 1.35. The van der Waals surface area contributed by atoms with Crippen LogP contribution < -0.4 is 0 Å². The molecule has 1 heteroatoms. The van der Waals surface area contributed by atoms with E-state index >= 15 is 0 Å². The van der Waals surface area contributed by atoms with Crippen LogP contribution >= 0.6 is 0 Å². The molecule has 0 aliphatic heterocycles. The summed E-state index contributed by atoms with van der Waals surface area (Å²) in [5.41, 5.74) is 1.32. The molecule has 0 saturated carbocycles. The third-order valence-corrected chi connectivity index (χ3v) is 2.39. The third kappa shape index (κ3) is 6.64. The lowest BCUT2D eigenvalue weighted by molar-refractivity contribution is -0.110. The molecule has 0 aromatic carbocycles. The first-order chi connectivity index (χ1) is 6.60. The fraction of sp³-hybridized carbons (Fsp3) is 0.615. The molecule has 0 heterocycles. The highest BCUT2D eigenvalue weighted by atomic mass is 16.1. The Morgan fingerprint density at radius 2 is 2.00 bits per heavy atom. The Kier molecular flexibility index (Phi) is 7.09. The first-order valence-corrected chi connectivity index (χ1v) is 5.33. The molecular formula is C13H22O. The maximum absolute atomic E-state index is 10.4. The van der Waals surface area contributed by atoms with Crippen LogP contribution in [0.5, 0.6) is 0 Å². The first-order valence-electron chi connectivity index (χ1n) is 5.33. The van der Waals surface area contributed by atoms with E-state index in [-0.39, 0.29) is 5.92 Å². The van der Waals surface area contributed by atoms with Gasteiger partial charge in [-0.3, -0.25) is 0 Å². The van der Waals surface area contributed by atoms with Crippen molar-refractivity contribution in [2.24, 2.45) is 11.8 Å². The molecule has 0 bridgehead atoms. The Morgan fingerprint density at radius 3 is 2.50 bits per heavy atom. The summed E-state index contributed by atoms with van der Waals surface area (Å²) in [5.74, 6) is 0.741. The molecule has 0 aliphatic carbocycles. The van der Waals surface area contributed by atoms with Gasteiger partial charge in [0.1, 0.15) is 6.29 Å². The molecule has 14 heavy (non-hydrogen) atoms. The van der Waals surface area contributed by atoms with Crippen LogP contribution in [0.1, 0.15) is 40.0 Å². The van der Waals surface area contributed by atoms with Crippen LogP contribution in [0.15, 0.2) is 24.3 Å². The van der Waals surface area contributed by atoms with Crippen LogP contribution in [-0.4, -0.2) is 6.29 Å². The smallest absolute Gasteiger partial charge is 0.123 e. The molecule has 80 valence electrons. The summed E-state index contributed by atoms with van der Waals surface area (Å²) in [4.78, 5) is 10.4. The maximum Gasteiger partial charge on any atom is 0.123 e. The maximum atomic E-state index is 10.4. The van der Waals surface area contributed by atoms with Gasteiger partial charge in [-0.05, 0) is 32.1 Å². The summed E-state index contributed by atoms with van der Waals surface area (Å²) in [5, 5.41) is 0. The van der Waals surface area contributed by atoms with Crippen molar-refractivity contribution in [2.75, 3.05) is 0 Å². The quantitative estimate of drug-likeness (QED) is 0.445. The van der Waals surface area contributed by atoms with E-state index < -0.39 is 0 Å². The first kappa shape index (κ1) is 13.2. The van der Waals surface area contributed by atoms with Crippen molar-refractivity contribution in [3.63, 3.8) is 0 Å². The number of aldehydes is 1. The molecule has 0 saturated heterocycles. The van der Waals surface area contributed by atoms with Crippen LogP contribution in [0.25, 0.3) is 0 Å². The Balaban J connectivity index is 3.76. The van der Waals surface area contributed by atoms with Gasteiger partial charge in [0.25, 0.3) is 0 Å². The average molecular weight is 194 g/mol. The van der Waals surface area contributed by atoms with Crippen molar-refractivity contribution in [2.45, 2.75) is 40.0 Å². The van der Waals surface area contributed by atoms with Crippen LogP contribution in [0.2, 0.25) is 0 Å². The van der Waals surface area contributed by atoms with Gasteiger partial charge in [0.05, 0.1) is 0 Å². The van der Waals surface area contributed by atoms with E-state index in [2.05, 4.69) is 26.5 Å². The van der Waals surface area contributed by atoms with Crippen molar-refractivity contribution < 1.29 is 4.79 Å². The third-order valence-electron chi connectivity index (χ3n) is 2.39. The van der Waals surface area contributed by atoms with E-state index in [9.17, 15) is 4.79 Å². The van der Waals surface area contributed by atoms with E-state index in [1.165, 1.54) is 5.57 Å². The molecule has 0 aromatic rings. The van der Waals surface area contributed by atoms with Crippen LogP contribution in [0, 0.1) is 11.8 Å². The van der Waals surface area contributed by atoms with Crippen LogP contribution in [0.3, 0.4) is 0 Å². The number of carbonyl (C=O) groups excluding carboxylic acids is 1. The molecule has 0 fully saturated rings. The summed E-state index contributed by atoms with van der Waals surface area (Å²) >= 11 is 0. The topological polar surface area (TPSA) is 17.1 Å². The van der Waals surface area contributed by atoms with Gasteiger partial charge in [-0.15, -0.1) is 6.58 Å². The van der Waals surface area contributed by atoms with Crippen molar-refractivity contribution in [3.8, 4) is 0 Å². The predicted octanol–water partition coefficient (Wildman–Crippen LogP) is 3.76. The normalized spacial score (nSPS) is 16.1. The zero-order valence-corrected chi connectivity index (χ0v) is 9.62. The molecule has 0 rings (SSSR count). The molecule has 1 nitrogen and oxygen atoms in total. The summed E-state index contributed by atoms with van der Waals surface area (Å²) in [6.07, 6.45) is 8.37. The number of rotatable bonds is 7. The minimum absolute atomic E-state index is 0.156. The largest absolute Gasteiger partial charge is 0.303 e. The van der Waals surface area contributed by atoms with E-state index in [1.54, 1.807) is 0 Å². The van der Waals surface area contributed by atoms with Crippen molar-refractivity contribution in [1.82, 2.24) is 0 Å². The summed E-state index contributed by atoms with van der Waals surface area (Å²) in [7, 11) is 0. The summed E-state index contributed by atoms with van der Waals surface area (Å²) < 4.78 is 0. The lowest BCUT2D eigenvalue weighted by Gasteiger charge is -2.05. The van der Waals surface area contributed by atoms with Crippen LogP contribution in [0.4, 0.5) is 0 Å². The van der Waals surface area contributed by atoms with E-state index in [0.717, 1.165) is 25.5 Å². The lowest BCUT2D eigenvalue weighted by Crippen LogP contribution is -1.96. The van der Waals surface area contributed by atoms with Gasteiger partial charge in [-0.2, -0.15) is 0 Å². The fourth-order valence-corrected chi connectivity index (χ4v) is 1.35. The molecule has 0 spiro atoms. The van der Waals surface area contributed by atoms with Gasteiger partial charge >= 0.3 is 0 Å². The SMILES string of the molecule is C=CC(C)CC/C=C(\C)CC(C)C=O. The molecule has 2 atom stereocenters. The van der Waals surface area contributed by atoms with Crippen molar-refractivity contribution in [1.29, 1.82) is 0 Å². The van der Waals surface area contributed by atoms with Gasteiger partial charge in [0, 0.05) is 5.92 Å². The number of hydrogen-bond donors (Lipinski definition) is 0. The second-order valence-electron chi connectivity index (χ2n) is 4.16. The monoisotopic (exact) mass is 194 g/mol. The van der Waals surface area contributed by atoms with Gasteiger partial charge < -0.3 is 4.79 Å². The van der Waals surface area contributed by atoms with Gasteiger partial charge in [0.2, 0.25) is 0 Å². The molecule has 0 N–H and O–H groups in total. The summed E-state index contributed by atoms with van der Waals surface area (Å²) in [6, 6.07) is 0. The van der Waals surface area contributed by atoms with Crippen LogP contribution in [-0.2, 0) is 4.79 Å². The Morgan fingerprint density at radius 1 is 1.36 bits per heavy atom. The zero-order chi connectivity index (χ0) is 11.0. The molecular weight excluding hydrogens is 172 g/mol. The average Bonchev–Trinajstić information content (AvgIpc) is 2.17. The number of hydrogen-bond acceptors (Lipinski definition) is 1. The second kappa shape index (κ2) is 7.54. The second-order valence-corrected chi connectivity index (χ2v) is 4.16. The van der Waals surface area contributed by atoms with Crippen molar-refractivity contribution in [3.05, 3.63) is 24.3 Å². The lowest BCUT2D eigenvalue weighted by atomic mass is 10.0. The summed E-state index contributed by atoms with van der Waals surface area (Å²) in [6.45, 7) is 9.97. The van der Waals surface area contributed by atoms with Gasteiger partial charge in [-0.1, -0.05) is 31.6 Å². The van der Waals surface area contributed by atoms with Crippen molar-refractivity contribution >= 4 is 6.29 Å². The zero-order valence-electron chi connectivity index (χ0n) is 9.62. The van der Waals surface area contributed by atoms with E-state index in [1.807, 2.05) is 13.0 Å². The highest BCUT2D eigenvalue weighted by molar-refractivity contribution is 5.53. The Labute approximate surface area is 87.9 Å².